The van der Waals surface area contributed by atoms with Crippen LogP contribution in [0.3, 0.4) is 0 Å². The minimum absolute atomic E-state index is 0.0181. The van der Waals surface area contributed by atoms with Crippen molar-refractivity contribution in [2.45, 2.75) is 31.3 Å². The SMILES string of the molecule is CC(C)(C)OC(=O)[n+]1c(C(=O)C2=C[C-]3C=C[CH-]C=C3N2S(=O)(=O)c2ccccc2)c[s+][c-]1-c1cccnc1. The Kier molecular flexibility index (Phi) is 6.46. The van der Waals surface area contributed by atoms with Gasteiger partial charge in [-0.15, -0.1) is 16.3 Å². The van der Waals surface area contributed by atoms with Gasteiger partial charge in [0.15, 0.2) is 0 Å². The summed E-state index contributed by atoms with van der Waals surface area (Å²) in [6, 6.07) is 11.4. The fraction of sp³-hybridized carbons (Fsp3) is 0.143. The van der Waals surface area contributed by atoms with Crippen molar-refractivity contribution in [1.82, 2.24) is 9.29 Å². The molecule has 0 fully saturated rings. The summed E-state index contributed by atoms with van der Waals surface area (Å²) in [4.78, 5) is 31.7. The highest BCUT2D eigenvalue weighted by Crippen LogP contribution is 2.41. The van der Waals surface area contributed by atoms with E-state index in [2.05, 4.69) is 4.98 Å². The van der Waals surface area contributed by atoms with Gasteiger partial charge in [0.1, 0.15) is 5.60 Å². The van der Waals surface area contributed by atoms with E-state index in [0.717, 1.165) is 4.31 Å². The maximum absolute atomic E-state index is 14.1. The third-order valence-electron chi connectivity index (χ3n) is 5.62. The molecule has 0 unspecified atom stereocenters. The summed E-state index contributed by atoms with van der Waals surface area (Å²) in [6.45, 7) is 5.19. The van der Waals surface area contributed by atoms with Crippen LogP contribution in [-0.4, -0.2) is 35.2 Å². The molecule has 0 saturated carbocycles. The summed E-state index contributed by atoms with van der Waals surface area (Å²) >= 11 is 1.17. The molecule has 0 spiro atoms. The van der Waals surface area contributed by atoms with Crippen LogP contribution in [0.5, 0.6) is 0 Å². The van der Waals surface area contributed by atoms with Crippen molar-refractivity contribution in [2.24, 2.45) is 0 Å². The second kappa shape index (κ2) is 9.62. The van der Waals surface area contributed by atoms with E-state index in [-0.39, 0.29) is 16.3 Å². The number of ether oxygens (including phenoxy) is 1. The Bertz CT molecular complexity index is 1600. The maximum Gasteiger partial charge on any atom is 0.550 e. The summed E-state index contributed by atoms with van der Waals surface area (Å²) in [6.07, 6.45) is 10.8. The van der Waals surface area contributed by atoms with E-state index in [0.29, 0.717) is 22.2 Å². The Morgan fingerprint density at radius 2 is 1.89 bits per heavy atom. The van der Waals surface area contributed by atoms with E-state index in [9.17, 15) is 18.0 Å². The van der Waals surface area contributed by atoms with Gasteiger partial charge in [0.25, 0.3) is 0 Å². The second-order valence-corrected chi connectivity index (χ2v) is 12.1. The lowest BCUT2D eigenvalue weighted by atomic mass is 10.0. The molecule has 0 saturated heterocycles. The molecule has 0 amide bonds. The third kappa shape index (κ3) is 4.64. The standard InChI is InChI=1S/C28H24N3O5S2/c1-28(2,3)36-27(33)30-24(18-37-26(30)20-11-9-15-29-17-20)25(32)23-16-19-10-7-8-14-22(19)31(23)38(34,35)21-12-5-4-6-13-21/h4-18H,1-3H3/q-1. The first-order valence-electron chi connectivity index (χ1n) is 11.7. The smallest absolute Gasteiger partial charge is 0.435 e. The van der Waals surface area contributed by atoms with Crippen LogP contribution >= 0.6 is 11.3 Å². The predicted octanol–water partition coefficient (Wildman–Crippen LogP) is 4.88. The molecule has 2 aromatic heterocycles. The van der Waals surface area contributed by atoms with Gasteiger partial charge in [-0.2, -0.15) is 0 Å². The van der Waals surface area contributed by atoms with Crippen molar-refractivity contribution in [3.05, 3.63) is 114 Å². The highest BCUT2D eigenvalue weighted by Gasteiger charge is 2.41. The van der Waals surface area contributed by atoms with Crippen LogP contribution < -0.4 is 4.57 Å². The molecule has 194 valence electrons. The maximum atomic E-state index is 14.1. The third-order valence-corrected chi connectivity index (χ3v) is 8.35. The van der Waals surface area contributed by atoms with E-state index >= 15 is 0 Å². The van der Waals surface area contributed by atoms with E-state index in [1.165, 1.54) is 39.5 Å². The van der Waals surface area contributed by atoms with Crippen molar-refractivity contribution in [1.29, 1.82) is 0 Å². The molecule has 0 bridgehead atoms. The quantitative estimate of drug-likeness (QED) is 0.196. The Morgan fingerprint density at radius 1 is 1.13 bits per heavy atom. The summed E-state index contributed by atoms with van der Waals surface area (Å²) in [5, 5.41) is 1.97. The molecular formula is C28H24N3O5S2-. The molecule has 0 atom stereocenters. The monoisotopic (exact) mass is 546 g/mol. The normalized spacial score (nSPS) is 14.9. The Hall–Kier alpha value is -4.15. The van der Waals surface area contributed by atoms with Gasteiger partial charge in [0, 0.05) is 17.5 Å². The fourth-order valence-corrected chi connectivity index (χ4v) is 6.54. The number of hydrogen-bond donors (Lipinski definition) is 0. The number of ketones is 1. The van der Waals surface area contributed by atoms with Gasteiger partial charge in [0.05, 0.1) is 4.90 Å². The Balaban J connectivity index is 1.65. The average Bonchev–Trinajstić information content (AvgIpc) is 3.51. The topological polar surface area (TPSA) is 97.5 Å². The van der Waals surface area contributed by atoms with Crippen molar-refractivity contribution >= 4 is 33.2 Å². The minimum atomic E-state index is -4.15. The molecule has 1 aromatic carbocycles. The van der Waals surface area contributed by atoms with Gasteiger partial charge in [-0.25, -0.2) is 31.3 Å². The molecule has 10 heteroatoms. The highest BCUT2D eigenvalue weighted by atomic mass is 32.2. The van der Waals surface area contributed by atoms with E-state index in [1.807, 2.05) is 0 Å². The molecular weight excluding hydrogens is 522 g/mol. The zero-order chi connectivity index (χ0) is 27.1. The number of nitrogens with zero attached hydrogens (tertiary/aromatic N) is 3. The summed E-state index contributed by atoms with van der Waals surface area (Å²) < 4.78 is 35.5. The zero-order valence-electron chi connectivity index (χ0n) is 20.9. The minimum Gasteiger partial charge on any atom is -0.435 e. The molecule has 3 heterocycles. The van der Waals surface area contributed by atoms with Crippen LogP contribution in [0.25, 0.3) is 10.6 Å². The number of allylic oxidation sites excluding steroid dienone is 4. The van der Waals surface area contributed by atoms with Gasteiger partial charge in [0.2, 0.25) is 38.2 Å². The van der Waals surface area contributed by atoms with Crippen molar-refractivity contribution in [2.75, 3.05) is 0 Å². The predicted molar refractivity (Wildman–Crippen MR) is 142 cm³/mol. The van der Waals surface area contributed by atoms with Gasteiger partial charge < -0.3 is 9.04 Å². The first kappa shape index (κ1) is 25.5. The van der Waals surface area contributed by atoms with Crippen molar-refractivity contribution < 1.29 is 27.3 Å². The molecule has 1 aliphatic carbocycles. The van der Waals surface area contributed by atoms with Crippen molar-refractivity contribution in [3.8, 4) is 10.6 Å². The molecule has 0 N–H and O–H groups in total. The summed E-state index contributed by atoms with van der Waals surface area (Å²) in [7, 11) is -4.15. The van der Waals surface area contributed by atoms with Crippen LogP contribution in [0.15, 0.2) is 101 Å². The molecule has 5 rings (SSSR count). The lowest BCUT2D eigenvalue weighted by molar-refractivity contribution is -0.574. The van der Waals surface area contributed by atoms with Crippen LogP contribution in [-0.2, 0) is 14.8 Å². The number of aromatic nitrogens is 2. The number of hydrogen-bond acceptors (Lipinski definition) is 6. The number of carbonyl (C=O) groups excluding carboxylic acids is 2. The molecule has 38 heavy (non-hydrogen) atoms. The second-order valence-electron chi connectivity index (χ2n) is 9.48. The molecule has 0 radical (unpaired) electrons. The van der Waals surface area contributed by atoms with Crippen LogP contribution in [0, 0.1) is 12.3 Å². The highest BCUT2D eigenvalue weighted by molar-refractivity contribution is 7.89. The zero-order valence-corrected chi connectivity index (χ0v) is 22.5. The molecule has 2 aliphatic rings. The van der Waals surface area contributed by atoms with Crippen molar-refractivity contribution in [3.63, 3.8) is 0 Å². The number of sulfonamides is 1. The number of Topliss-reactive ketones (excluding diaryl/α,β-unsaturated/α-hetero) is 1. The fourth-order valence-electron chi connectivity index (χ4n) is 4.03. The van der Waals surface area contributed by atoms with E-state index in [4.69, 9.17) is 4.74 Å². The van der Waals surface area contributed by atoms with E-state index in [1.54, 1.807) is 88.1 Å². The first-order valence-corrected chi connectivity index (χ1v) is 14.0. The number of carbonyl (C=O) groups is 2. The number of fused-ring (bicyclic) bond motifs is 1. The number of pyridine rings is 1. The largest absolute Gasteiger partial charge is 0.550 e. The van der Waals surface area contributed by atoms with Crippen LogP contribution in [0.4, 0.5) is 4.79 Å². The molecule has 1 aliphatic heterocycles. The van der Waals surface area contributed by atoms with Crippen LogP contribution in [0.1, 0.15) is 31.3 Å². The summed E-state index contributed by atoms with van der Waals surface area (Å²) in [5.74, 6) is -0.0696. The number of benzene rings is 1. The molecule has 3 aromatic rings. The first-order chi connectivity index (χ1) is 18.1. The number of rotatable bonds is 5. The average molecular weight is 547 g/mol. The summed E-state index contributed by atoms with van der Waals surface area (Å²) in [5.41, 5.74) is 0.0220. The molecule has 8 nitrogen and oxygen atoms in total. The Labute approximate surface area is 225 Å². The van der Waals surface area contributed by atoms with E-state index < -0.39 is 27.5 Å². The van der Waals surface area contributed by atoms with Crippen LogP contribution in [0.2, 0.25) is 0 Å². The lowest BCUT2D eigenvalue weighted by Crippen LogP contribution is -2.51. The Morgan fingerprint density at radius 3 is 2.58 bits per heavy atom. The number of thiazole rings is 1. The lowest BCUT2D eigenvalue weighted by Gasteiger charge is -2.37. The van der Waals surface area contributed by atoms with Gasteiger partial charge in [-0.1, -0.05) is 30.3 Å². The van der Waals surface area contributed by atoms with Gasteiger partial charge in [-0.3, -0.25) is 22.3 Å². The van der Waals surface area contributed by atoms with Gasteiger partial charge >= 0.3 is 11.1 Å². The van der Waals surface area contributed by atoms with Gasteiger partial charge in [-0.05, 0) is 39.1 Å².